The molecule has 80 valence electrons. The quantitative estimate of drug-likeness (QED) is 0.710. The second-order valence-corrected chi connectivity index (χ2v) is 3.13. The van der Waals surface area contributed by atoms with Crippen LogP contribution in [0.25, 0.3) is 0 Å². The van der Waals surface area contributed by atoms with Crippen LogP contribution in [-0.4, -0.2) is 4.98 Å². The lowest BCUT2D eigenvalue weighted by Gasteiger charge is -2.09. The molecule has 1 nitrogen and oxygen atoms in total. The summed E-state index contributed by atoms with van der Waals surface area (Å²) in [5, 5.41) is 0.464. The van der Waals surface area contributed by atoms with Gasteiger partial charge in [-0.05, 0) is 19.1 Å². The molecule has 0 atom stereocenters. The molecule has 6 heteroatoms. The third kappa shape index (κ3) is 3.24. The molecule has 0 unspecified atom stereocenters. The molecule has 0 bridgehead atoms. The molecular formula is C8H8Br2F3N. The SMILES string of the molecule is Br.Cc1nc(CBr)ccc1C(F)(F)F. The molecule has 0 aromatic carbocycles. The first-order valence-corrected chi connectivity index (χ1v) is 4.67. The molecule has 0 aliphatic heterocycles. The van der Waals surface area contributed by atoms with Gasteiger partial charge in [-0.2, -0.15) is 13.2 Å². The van der Waals surface area contributed by atoms with Crippen LogP contribution < -0.4 is 0 Å². The average Bonchev–Trinajstić information content (AvgIpc) is 2.01. The molecule has 1 rings (SSSR count). The topological polar surface area (TPSA) is 12.9 Å². The van der Waals surface area contributed by atoms with Gasteiger partial charge in [-0.3, -0.25) is 4.98 Å². The first kappa shape index (κ1) is 13.9. The maximum atomic E-state index is 12.2. The number of halogens is 5. The van der Waals surface area contributed by atoms with Gasteiger partial charge in [0, 0.05) is 11.0 Å². The van der Waals surface area contributed by atoms with Crippen molar-refractivity contribution in [2.24, 2.45) is 0 Å². The summed E-state index contributed by atoms with van der Waals surface area (Å²) in [5.41, 5.74) is -0.0489. The lowest BCUT2D eigenvalue weighted by Crippen LogP contribution is -2.09. The zero-order valence-electron chi connectivity index (χ0n) is 7.23. The summed E-state index contributed by atoms with van der Waals surface area (Å²) >= 11 is 3.12. The van der Waals surface area contributed by atoms with Crippen LogP contribution in [-0.2, 0) is 11.5 Å². The lowest BCUT2D eigenvalue weighted by molar-refractivity contribution is -0.138. The van der Waals surface area contributed by atoms with Crippen LogP contribution in [0.4, 0.5) is 13.2 Å². The zero-order valence-corrected chi connectivity index (χ0v) is 10.5. The van der Waals surface area contributed by atoms with E-state index in [-0.39, 0.29) is 22.7 Å². The minimum Gasteiger partial charge on any atom is -0.257 e. The van der Waals surface area contributed by atoms with E-state index < -0.39 is 11.7 Å². The summed E-state index contributed by atoms with van der Waals surface area (Å²) in [7, 11) is 0. The smallest absolute Gasteiger partial charge is 0.257 e. The van der Waals surface area contributed by atoms with Crippen molar-refractivity contribution in [1.29, 1.82) is 0 Å². The molecule has 0 saturated carbocycles. The van der Waals surface area contributed by atoms with Crippen molar-refractivity contribution in [3.63, 3.8) is 0 Å². The van der Waals surface area contributed by atoms with E-state index in [0.29, 0.717) is 11.0 Å². The highest BCUT2D eigenvalue weighted by atomic mass is 79.9. The van der Waals surface area contributed by atoms with E-state index in [2.05, 4.69) is 20.9 Å². The summed E-state index contributed by atoms with van der Waals surface area (Å²) in [6.07, 6.45) is -4.30. The number of aryl methyl sites for hydroxylation is 1. The van der Waals surface area contributed by atoms with Gasteiger partial charge in [-0.1, -0.05) is 15.9 Å². The van der Waals surface area contributed by atoms with Crippen molar-refractivity contribution in [3.8, 4) is 0 Å². The van der Waals surface area contributed by atoms with Crippen LogP contribution >= 0.6 is 32.9 Å². The van der Waals surface area contributed by atoms with Crippen LogP contribution in [0.2, 0.25) is 0 Å². The Labute approximate surface area is 98.6 Å². The number of hydrogen-bond donors (Lipinski definition) is 0. The average molecular weight is 335 g/mol. The van der Waals surface area contributed by atoms with Gasteiger partial charge in [-0.25, -0.2) is 0 Å². The van der Waals surface area contributed by atoms with Crippen molar-refractivity contribution in [2.75, 3.05) is 0 Å². The predicted octanol–water partition coefficient (Wildman–Crippen LogP) is 3.88. The van der Waals surface area contributed by atoms with E-state index in [1.54, 1.807) is 0 Å². The summed E-state index contributed by atoms with van der Waals surface area (Å²) in [6.45, 7) is 1.36. The second kappa shape index (κ2) is 5.11. The molecule has 0 spiro atoms. The fourth-order valence-corrected chi connectivity index (χ4v) is 1.30. The molecule has 1 aromatic heterocycles. The number of pyridine rings is 1. The third-order valence-electron chi connectivity index (χ3n) is 1.59. The Morgan fingerprint density at radius 2 is 1.93 bits per heavy atom. The molecule has 0 aliphatic carbocycles. The maximum Gasteiger partial charge on any atom is 0.418 e. The van der Waals surface area contributed by atoms with Gasteiger partial charge in [0.2, 0.25) is 0 Å². The Hall–Kier alpha value is -0.100. The molecule has 0 amide bonds. The van der Waals surface area contributed by atoms with Crippen molar-refractivity contribution in [2.45, 2.75) is 18.4 Å². The second-order valence-electron chi connectivity index (χ2n) is 2.57. The highest BCUT2D eigenvalue weighted by Gasteiger charge is 2.32. The number of rotatable bonds is 1. The first-order chi connectivity index (χ1) is 5.95. The summed E-state index contributed by atoms with van der Waals surface area (Å²) < 4.78 is 36.7. The van der Waals surface area contributed by atoms with Crippen LogP contribution in [0.15, 0.2) is 12.1 Å². The van der Waals surface area contributed by atoms with Crippen LogP contribution in [0.1, 0.15) is 17.0 Å². The highest BCUT2D eigenvalue weighted by Crippen LogP contribution is 2.31. The van der Waals surface area contributed by atoms with Crippen LogP contribution in [0.5, 0.6) is 0 Å². The Kier molecular flexibility index (Phi) is 5.08. The Balaban J connectivity index is 0.00000169. The number of nitrogens with zero attached hydrogens (tertiary/aromatic N) is 1. The largest absolute Gasteiger partial charge is 0.418 e. The van der Waals surface area contributed by atoms with Gasteiger partial charge in [0.05, 0.1) is 11.3 Å². The van der Waals surface area contributed by atoms with Gasteiger partial charge in [0.25, 0.3) is 0 Å². The number of aromatic nitrogens is 1. The molecule has 14 heavy (non-hydrogen) atoms. The highest BCUT2D eigenvalue weighted by molar-refractivity contribution is 9.08. The molecule has 0 N–H and O–H groups in total. The molecule has 0 radical (unpaired) electrons. The molecule has 0 aliphatic rings. The summed E-state index contributed by atoms with van der Waals surface area (Å²) in [6, 6.07) is 2.42. The third-order valence-corrected chi connectivity index (χ3v) is 2.16. The zero-order chi connectivity index (χ0) is 10.1. The molecular weight excluding hydrogens is 327 g/mol. The fourth-order valence-electron chi connectivity index (χ4n) is 0.987. The Morgan fingerprint density at radius 3 is 2.29 bits per heavy atom. The van der Waals surface area contributed by atoms with Crippen molar-refractivity contribution in [1.82, 2.24) is 4.98 Å². The fraction of sp³-hybridized carbons (Fsp3) is 0.375. The molecule has 1 aromatic rings. The van der Waals surface area contributed by atoms with Gasteiger partial charge < -0.3 is 0 Å². The van der Waals surface area contributed by atoms with Crippen molar-refractivity contribution >= 4 is 32.9 Å². The number of alkyl halides is 4. The lowest BCUT2D eigenvalue weighted by atomic mass is 10.2. The Morgan fingerprint density at radius 1 is 1.36 bits per heavy atom. The monoisotopic (exact) mass is 333 g/mol. The summed E-state index contributed by atoms with van der Waals surface area (Å²) in [4.78, 5) is 3.79. The van der Waals surface area contributed by atoms with E-state index in [4.69, 9.17) is 0 Å². The van der Waals surface area contributed by atoms with E-state index in [0.717, 1.165) is 6.07 Å². The van der Waals surface area contributed by atoms with E-state index in [1.807, 2.05) is 0 Å². The van der Waals surface area contributed by atoms with Gasteiger partial charge in [0.1, 0.15) is 0 Å². The molecule has 1 heterocycles. The van der Waals surface area contributed by atoms with E-state index in [9.17, 15) is 13.2 Å². The minimum absolute atomic E-state index is 0. The normalized spacial score (nSPS) is 10.9. The standard InChI is InChI=1S/C8H7BrF3N.BrH/c1-5-7(8(10,11)12)3-2-6(4-9)13-5;/h2-3H,4H2,1H3;1H. The van der Waals surface area contributed by atoms with Crippen LogP contribution in [0, 0.1) is 6.92 Å². The van der Waals surface area contributed by atoms with Gasteiger partial charge >= 0.3 is 6.18 Å². The first-order valence-electron chi connectivity index (χ1n) is 3.55. The summed E-state index contributed by atoms with van der Waals surface area (Å²) in [5.74, 6) is 0. The van der Waals surface area contributed by atoms with E-state index >= 15 is 0 Å². The predicted molar refractivity (Wildman–Crippen MR) is 56.9 cm³/mol. The van der Waals surface area contributed by atoms with Crippen molar-refractivity contribution in [3.05, 3.63) is 29.1 Å². The minimum atomic E-state index is -4.30. The maximum absolute atomic E-state index is 12.2. The molecule has 0 saturated heterocycles. The van der Waals surface area contributed by atoms with E-state index in [1.165, 1.54) is 13.0 Å². The van der Waals surface area contributed by atoms with Crippen LogP contribution in [0.3, 0.4) is 0 Å². The van der Waals surface area contributed by atoms with Gasteiger partial charge in [0.15, 0.2) is 0 Å². The Bertz CT molecular complexity index is 312. The number of hydrogen-bond acceptors (Lipinski definition) is 1. The van der Waals surface area contributed by atoms with Crippen molar-refractivity contribution < 1.29 is 13.2 Å². The van der Waals surface area contributed by atoms with Gasteiger partial charge in [-0.15, -0.1) is 17.0 Å². The molecule has 0 fully saturated rings.